The largest absolute Gasteiger partial charge is 0.346 e. The fraction of sp³-hybridized carbons (Fsp3) is 0.308. The number of halogens is 2. The fourth-order valence-corrected chi connectivity index (χ4v) is 5.25. The first-order valence-corrected chi connectivity index (χ1v) is 12.0. The van der Waals surface area contributed by atoms with Crippen LogP contribution in [0.4, 0.5) is 0 Å². The fourth-order valence-electron chi connectivity index (χ4n) is 5.00. The van der Waals surface area contributed by atoms with Crippen molar-refractivity contribution in [2.75, 3.05) is 0 Å². The number of nitrogens with one attached hydrogen (secondary N) is 1. The van der Waals surface area contributed by atoms with Crippen LogP contribution in [0.3, 0.4) is 0 Å². The number of H-pyrrole nitrogens is 1. The van der Waals surface area contributed by atoms with Gasteiger partial charge in [-0.25, -0.2) is 15.0 Å². The minimum Gasteiger partial charge on any atom is -0.346 e. The Labute approximate surface area is 204 Å². The van der Waals surface area contributed by atoms with E-state index in [4.69, 9.17) is 34.0 Å². The molecule has 2 aromatic carbocycles. The van der Waals surface area contributed by atoms with Crippen LogP contribution in [0.1, 0.15) is 62.4 Å². The van der Waals surface area contributed by atoms with Gasteiger partial charge in [-0.1, -0.05) is 61.3 Å². The van der Waals surface area contributed by atoms with Gasteiger partial charge in [0.2, 0.25) is 0 Å². The molecule has 0 saturated carbocycles. The second kappa shape index (κ2) is 9.82. The molecule has 0 aliphatic heterocycles. The van der Waals surface area contributed by atoms with E-state index in [-0.39, 0.29) is 12.0 Å². The highest BCUT2D eigenvalue weighted by Crippen LogP contribution is 2.47. The van der Waals surface area contributed by atoms with Crippen LogP contribution in [0.5, 0.6) is 0 Å². The topological polar surface area (TPSA) is 70.8 Å². The summed E-state index contributed by atoms with van der Waals surface area (Å²) in [5, 5.41) is 4.36. The van der Waals surface area contributed by atoms with E-state index in [1.54, 1.807) is 6.33 Å². The van der Waals surface area contributed by atoms with Gasteiger partial charge in [0.25, 0.3) is 0 Å². The predicted molar refractivity (Wildman–Crippen MR) is 136 cm³/mol. The maximum absolute atomic E-state index is 7.12. The molecule has 2 aromatic heterocycles. The Kier molecular flexibility index (Phi) is 7.05. The Hall–Kier alpha value is -2.44. The molecular weight excluding hydrogens is 453 g/mol. The van der Waals surface area contributed by atoms with Crippen molar-refractivity contribution < 1.29 is 0 Å². The zero-order chi connectivity index (χ0) is 23.6. The number of hydrazine groups is 1. The molecule has 0 radical (unpaired) electrons. The van der Waals surface area contributed by atoms with E-state index < -0.39 is 5.54 Å². The van der Waals surface area contributed by atoms with Crippen molar-refractivity contribution in [3.8, 4) is 0 Å². The number of benzene rings is 2. The lowest BCUT2D eigenvalue weighted by Crippen LogP contribution is -2.54. The molecule has 33 heavy (non-hydrogen) atoms. The van der Waals surface area contributed by atoms with Crippen LogP contribution in [0, 0.1) is 0 Å². The Bertz CT molecular complexity index is 1210. The number of rotatable bonds is 8. The third-order valence-corrected chi connectivity index (χ3v) is 7.21. The number of aromatic amines is 1. The molecule has 0 saturated heterocycles. The lowest BCUT2D eigenvalue weighted by molar-refractivity contribution is 0.0218. The van der Waals surface area contributed by atoms with Crippen molar-refractivity contribution in [1.82, 2.24) is 20.0 Å². The van der Waals surface area contributed by atoms with Gasteiger partial charge in [0, 0.05) is 33.6 Å². The Morgan fingerprint density at radius 3 is 2.09 bits per heavy atom. The molecule has 0 amide bonds. The van der Waals surface area contributed by atoms with E-state index in [9.17, 15) is 0 Å². The Morgan fingerprint density at radius 1 is 0.909 bits per heavy atom. The van der Waals surface area contributed by atoms with E-state index in [0.29, 0.717) is 10.0 Å². The van der Waals surface area contributed by atoms with Gasteiger partial charge in [0.15, 0.2) is 0 Å². The SMILES string of the molecule is CCC(c1ccc(Cl)cc1)N(N)C(C)(c1ncnc2[nH]ccc12)C(CC)c1ccc(Cl)cc1. The highest BCUT2D eigenvalue weighted by Gasteiger charge is 2.45. The number of fused-ring (bicyclic) bond motifs is 1. The normalized spacial score (nSPS) is 15.5. The minimum absolute atomic E-state index is 0.0439. The van der Waals surface area contributed by atoms with Crippen molar-refractivity contribution in [3.05, 3.63) is 94.0 Å². The third kappa shape index (κ3) is 4.38. The van der Waals surface area contributed by atoms with Crippen LogP contribution < -0.4 is 5.84 Å². The molecule has 2 heterocycles. The molecule has 0 aliphatic rings. The quantitative estimate of drug-likeness (QED) is 0.210. The number of hydrogen-bond acceptors (Lipinski definition) is 4. The van der Waals surface area contributed by atoms with E-state index in [1.165, 1.54) is 0 Å². The van der Waals surface area contributed by atoms with E-state index in [0.717, 1.165) is 40.7 Å². The van der Waals surface area contributed by atoms with Crippen molar-refractivity contribution in [2.24, 2.45) is 5.84 Å². The van der Waals surface area contributed by atoms with Gasteiger partial charge in [-0.3, -0.25) is 5.84 Å². The molecule has 3 unspecified atom stereocenters. The number of hydrogen-bond donors (Lipinski definition) is 2. The third-order valence-electron chi connectivity index (χ3n) is 6.71. The molecule has 3 atom stereocenters. The van der Waals surface area contributed by atoms with Gasteiger partial charge >= 0.3 is 0 Å². The molecule has 172 valence electrons. The summed E-state index contributed by atoms with van der Waals surface area (Å²) >= 11 is 12.4. The Balaban J connectivity index is 1.92. The number of nitrogens with two attached hydrogens (primary N) is 1. The van der Waals surface area contributed by atoms with Crippen LogP contribution in [0.25, 0.3) is 11.0 Å². The van der Waals surface area contributed by atoms with Crippen molar-refractivity contribution in [2.45, 2.75) is 51.1 Å². The molecule has 5 nitrogen and oxygen atoms in total. The predicted octanol–water partition coefficient (Wildman–Crippen LogP) is 7.00. The van der Waals surface area contributed by atoms with Crippen molar-refractivity contribution in [1.29, 1.82) is 0 Å². The summed E-state index contributed by atoms with van der Waals surface area (Å²) in [6.07, 6.45) is 5.19. The van der Waals surface area contributed by atoms with Gasteiger partial charge in [-0.2, -0.15) is 0 Å². The second-order valence-electron chi connectivity index (χ2n) is 8.51. The summed E-state index contributed by atoms with van der Waals surface area (Å²) in [4.78, 5) is 12.4. The van der Waals surface area contributed by atoms with Crippen LogP contribution in [0.2, 0.25) is 10.0 Å². The molecule has 0 fully saturated rings. The first kappa shape index (κ1) is 23.7. The summed E-state index contributed by atoms with van der Waals surface area (Å²) in [6.45, 7) is 6.52. The zero-order valence-corrected chi connectivity index (χ0v) is 20.6. The number of aromatic nitrogens is 3. The summed E-state index contributed by atoms with van der Waals surface area (Å²) in [7, 11) is 0. The maximum atomic E-state index is 7.12. The lowest BCUT2D eigenvalue weighted by Gasteiger charge is -2.47. The molecule has 0 spiro atoms. The average Bonchev–Trinajstić information content (AvgIpc) is 3.31. The minimum atomic E-state index is -0.647. The van der Waals surface area contributed by atoms with E-state index in [2.05, 4.69) is 42.9 Å². The lowest BCUT2D eigenvalue weighted by atomic mass is 9.74. The molecule has 4 aromatic rings. The van der Waals surface area contributed by atoms with Crippen molar-refractivity contribution in [3.63, 3.8) is 0 Å². The second-order valence-corrected chi connectivity index (χ2v) is 9.38. The molecule has 4 rings (SSSR count). The molecule has 3 N–H and O–H groups in total. The summed E-state index contributed by atoms with van der Waals surface area (Å²) in [5.74, 6) is 7.17. The smallest absolute Gasteiger partial charge is 0.141 e. The van der Waals surface area contributed by atoms with Gasteiger partial charge in [-0.05, 0) is 61.2 Å². The monoisotopic (exact) mass is 481 g/mol. The summed E-state index contributed by atoms with van der Waals surface area (Å²) in [5.41, 5.74) is 3.32. The number of nitrogens with zero attached hydrogens (tertiary/aromatic N) is 3. The summed E-state index contributed by atoms with van der Waals surface area (Å²) < 4.78 is 0. The van der Waals surface area contributed by atoms with Gasteiger partial charge in [-0.15, -0.1) is 0 Å². The van der Waals surface area contributed by atoms with Crippen LogP contribution in [0.15, 0.2) is 67.1 Å². The standard InChI is InChI=1S/C26H29Cl2N5/c1-4-22(17-6-10-19(27)11-7-17)26(3,24-21-14-15-30-25(21)32-16-31-24)33(29)23(5-2)18-8-12-20(28)13-9-18/h6-16,22-23H,4-5,29H2,1-3H3,(H,30,31,32). The summed E-state index contributed by atoms with van der Waals surface area (Å²) in [6, 6.07) is 17.9. The van der Waals surface area contributed by atoms with E-state index >= 15 is 0 Å². The molecule has 7 heteroatoms. The first-order chi connectivity index (χ1) is 15.9. The van der Waals surface area contributed by atoms with Crippen molar-refractivity contribution >= 4 is 34.2 Å². The van der Waals surface area contributed by atoms with Crippen LogP contribution in [-0.4, -0.2) is 20.0 Å². The van der Waals surface area contributed by atoms with Crippen LogP contribution >= 0.6 is 23.2 Å². The Morgan fingerprint density at radius 2 is 1.52 bits per heavy atom. The van der Waals surface area contributed by atoms with E-state index in [1.807, 2.05) is 53.7 Å². The molecule has 0 aliphatic carbocycles. The highest BCUT2D eigenvalue weighted by molar-refractivity contribution is 6.30. The highest BCUT2D eigenvalue weighted by atomic mass is 35.5. The van der Waals surface area contributed by atoms with Crippen LogP contribution in [-0.2, 0) is 5.54 Å². The van der Waals surface area contributed by atoms with Gasteiger partial charge in [0.1, 0.15) is 12.0 Å². The van der Waals surface area contributed by atoms with Gasteiger partial charge < -0.3 is 4.98 Å². The average molecular weight is 482 g/mol. The zero-order valence-electron chi connectivity index (χ0n) is 19.1. The molecular formula is C26H29Cl2N5. The first-order valence-electron chi connectivity index (χ1n) is 11.2. The molecule has 0 bridgehead atoms. The van der Waals surface area contributed by atoms with Gasteiger partial charge in [0.05, 0.1) is 11.2 Å². The maximum Gasteiger partial charge on any atom is 0.141 e.